The Bertz CT molecular complexity index is 2390. The Morgan fingerprint density at radius 2 is 1.26 bits per heavy atom. The minimum atomic E-state index is -5.14. The van der Waals surface area contributed by atoms with Gasteiger partial charge in [0.05, 0.1) is 33.3 Å². The van der Waals surface area contributed by atoms with Crippen LogP contribution < -0.4 is 16.5 Å². The molecule has 4 aromatic rings. The second-order valence-electron chi connectivity index (χ2n) is 17.7. The van der Waals surface area contributed by atoms with E-state index < -0.39 is 57.7 Å². The lowest BCUT2D eigenvalue weighted by atomic mass is 9.81. The van der Waals surface area contributed by atoms with E-state index in [1.54, 1.807) is 51.5 Å². The largest absolute Gasteiger partial charge is 0.498 e. The number of hydrogen-bond acceptors (Lipinski definition) is 16. The van der Waals surface area contributed by atoms with E-state index in [1.165, 1.54) is 24.5 Å². The highest BCUT2D eigenvalue weighted by Gasteiger charge is 2.52. The van der Waals surface area contributed by atoms with Crippen LogP contribution in [0.5, 0.6) is 0 Å². The van der Waals surface area contributed by atoms with Crippen LogP contribution in [-0.2, 0) is 34.8 Å². The molecular weight excluding hydrogens is 940 g/mol. The van der Waals surface area contributed by atoms with Gasteiger partial charge in [-0.15, -0.1) is 0 Å². The lowest BCUT2D eigenvalue weighted by molar-refractivity contribution is -0.384. The lowest BCUT2D eigenvalue weighted by Crippen LogP contribution is -2.41. The number of nitro benzene ring substituents is 2. The molecule has 2 aromatic heterocycles. The molecule has 66 heavy (non-hydrogen) atoms. The zero-order chi connectivity index (χ0) is 49.2. The van der Waals surface area contributed by atoms with Gasteiger partial charge in [0, 0.05) is 76.8 Å². The van der Waals surface area contributed by atoms with E-state index in [1.807, 2.05) is 27.7 Å². The monoisotopic (exact) mass is 990 g/mol. The van der Waals surface area contributed by atoms with E-state index in [0.29, 0.717) is 53.0 Å². The van der Waals surface area contributed by atoms with Gasteiger partial charge in [-0.1, -0.05) is 15.9 Å². The fourth-order valence-corrected chi connectivity index (χ4v) is 7.23. The number of ether oxygens (including phenoxy) is 2. The number of nitrogens with one attached hydrogen (secondary N) is 1. The number of nitrogens with two attached hydrogens (primary N) is 1. The molecule has 0 spiro atoms. The summed E-state index contributed by atoms with van der Waals surface area (Å²) in [6.07, 6.45) is 3.23. The van der Waals surface area contributed by atoms with Crippen LogP contribution in [0.4, 0.5) is 35.9 Å². The van der Waals surface area contributed by atoms with Gasteiger partial charge in [0.25, 0.3) is 11.4 Å². The van der Waals surface area contributed by atoms with E-state index in [9.17, 15) is 48.4 Å². The summed E-state index contributed by atoms with van der Waals surface area (Å²) in [6, 6.07) is 5.65. The third-order valence-electron chi connectivity index (χ3n) is 11.0. The number of hydrogen-bond donors (Lipinski definition) is 4. The van der Waals surface area contributed by atoms with Gasteiger partial charge in [0.15, 0.2) is 11.6 Å². The Balaban J connectivity index is 0.000000187. The van der Waals surface area contributed by atoms with Crippen LogP contribution in [-0.4, -0.2) is 83.6 Å². The molecule has 3 aliphatic heterocycles. The Morgan fingerprint density at radius 3 is 1.68 bits per heavy atom. The maximum absolute atomic E-state index is 12.4. The van der Waals surface area contributed by atoms with Crippen molar-refractivity contribution in [1.82, 2.24) is 19.9 Å². The number of benzene rings is 2. The second-order valence-corrected chi connectivity index (χ2v) is 18.6. The van der Waals surface area contributed by atoms with Crippen LogP contribution >= 0.6 is 15.9 Å². The maximum atomic E-state index is 12.4. The van der Waals surface area contributed by atoms with Gasteiger partial charge in [-0.3, -0.25) is 25.0 Å². The number of nitrogens with zero attached hydrogens (tertiary/aromatic N) is 6. The average Bonchev–Trinajstić information content (AvgIpc) is 4.00. The van der Waals surface area contributed by atoms with E-state index in [0.717, 1.165) is 24.4 Å². The number of nitro groups is 2. The fourth-order valence-electron chi connectivity index (χ4n) is 6.77. The molecule has 0 aliphatic carbocycles. The molecule has 0 saturated carbocycles. The number of alkyl halides is 3. The first-order chi connectivity index (χ1) is 30.5. The SMILES string of the molecule is CC(C)(O)c1ncc(-c2cc(C3CCCO3)c(N)c([N+](=O)[O-])c2)cn1.CC(C)(O)c1ncc(B2OC(C)(C)C(C)(C)O2)cn1.O=C(Nc1c(C2CCCO2)cc(Br)cc1[N+](=O)[O-])C(F)(F)F. The highest BCUT2D eigenvalue weighted by molar-refractivity contribution is 9.10. The summed E-state index contributed by atoms with van der Waals surface area (Å²) < 4.78 is 60.4. The molecule has 2 unspecified atom stereocenters. The number of halogens is 4. The van der Waals surface area contributed by atoms with Gasteiger partial charge in [0.2, 0.25) is 0 Å². The third kappa shape index (κ3) is 12.4. The minimum Gasteiger partial charge on any atom is -0.399 e. The van der Waals surface area contributed by atoms with Gasteiger partial charge in [-0.2, -0.15) is 13.2 Å². The van der Waals surface area contributed by atoms with Crippen molar-refractivity contribution in [2.45, 2.75) is 122 Å². The van der Waals surface area contributed by atoms with Gasteiger partial charge < -0.3 is 40.0 Å². The molecule has 1 amide bonds. The topological polar surface area (TPSA) is 270 Å². The predicted octanol–water partition coefficient (Wildman–Crippen LogP) is 7.43. The Hall–Kier alpha value is -5.24. The molecule has 5 N–H and O–H groups in total. The van der Waals surface area contributed by atoms with Gasteiger partial charge >= 0.3 is 19.2 Å². The summed E-state index contributed by atoms with van der Waals surface area (Å²) in [4.78, 5) is 48.9. The van der Waals surface area contributed by atoms with E-state index in [2.05, 4.69) is 35.9 Å². The highest BCUT2D eigenvalue weighted by Crippen LogP contribution is 2.42. The number of amides is 1. The molecule has 3 saturated heterocycles. The fraction of sp³-hybridized carbons (Fsp3) is 0.500. The summed E-state index contributed by atoms with van der Waals surface area (Å²) in [7, 11) is -0.471. The van der Waals surface area contributed by atoms with Gasteiger partial charge in [-0.25, -0.2) is 19.9 Å². The van der Waals surface area contributed by atoms with Crippen LogP contribution in [0.1, 0.15) is 116 Å². The minimum absolute atomic E-state index is 0.134. The number of carbonyl (C=O) groups is 1. The molecular formula is C42H51BBrF3N8O11. The summed E-state index contributed by atoms with van der Waals surface area (Å²) in [5, 5.41) is 43.8. The molecule has 7 rings (SSSR count). The summed E-state index contributed by atoms with van der Waals surface area (Å²) in [5.74, 6) is -1.61. The van der Waals surface area contributed by atoms with Crippen LogP contribution in [0.15, 0.2) is 53.5 Å². The number of aliphatic hydroxyl groups is 2. The van der Waals surface area contributed by atoms with E-state index in [4.69, 9.17) is 24.5 Å². The van der Waals surface area contributed by atoms with Gasteiger partial charge in [0.1, 0.15) is 22.6 Å². The van der Waals surface area contributed by atoms with Crippen molar-refractivity contribution in [3.63, 3.8) is 0 Å². The Morgan fingerprint density at radius 1 is 0.788 bits per heavy atom. The Labute approximate surface area is 386 Å². The van der Waals surface area contributed by atoms with Crippen LogP contribution in [0, 0.1) is 20.2 Å². The van der Waals surface area contributed by atoms with Crippen LogP contribution in [0.2, 0.25) is 0 Å². The highest BCUT2D eigenvalue weighted by atomic mass is 79.9. The maximum Gasteiger partial charge on any atom is 0.498 e. The second kappa shape index (κ2) is 19.9. The normalized spacial score (nSPS) is 19.0. The Kier molecular flexibility index (Phi) is 15.6. The number of carbonyl (C=O) groups excluding carboxylic acids is 1. The predicted molar refractivity (Wildman–Crippen MR) is 238 cm³/mol. The number of rotatable bonds is 9. The molecule has 3 aliphatic rings. The summed E-state index contributed by atoms with van der Waals surface area (Å²) >= 11 is 3.07. The van der Waals surface area contributed by atoms with Crippen LogP contribution in [0.3, 0.4) is 0 Å². The lowest BCUT2D eigenvalue weighted by Gasteiger charge is -2.32. The zero-order valence-electron chi connectivity index (χ0n) is 37.4. The molecule has 2 aromatic carbocycles. The number of aromatic nitrogens is 4. The number of nitrogen functional groups attached to an aromatic ring is 1. The van der Waals surface area contributed by atoms with Crippen molar-refractivity contribution in [2.75, 3.05) is 24.3 Å². The van der Waals surface area contributed by atoms with Crippen molar-refractivity contribution >= 4 is 57.2 Å². The molecule has 2 atom stereocenters. The van der Waals surface area contributed by atoms with Crippen molar-refractivity contribution in [1.29, 1.82) is 0 Å². The van der Waals surface area contributed by atoms with Crippen molar-refractivity contribution in [2.24, 2.45) is 0 Å². The zero-order valence-corrected chi connectivity index (χ0v) is 39.0. The van der Waals surface area contributed by atoms with Crippen LogP contribution in [0.25, 0.3) is 11.1 Å². The molecule has 0 bridgehead atoms. The molecule has 5 heterocycles. The van der Waals surface area contributed by atoms with Gasteiger partial charge in [-0.05, 0) is 98.8 Å². The first-order valence-electron chi connectivity index (χ1n) is 20.6. The summed E-state index contributed by atoms with van der Waals surface area (Å²) in [6.45, 7) is 15.5. The van der Waals surface area contributed by atoms with E-state index >= 15 is 0 Å². The molecule has 356 valence electrons. The third-order valence-corrected chi connectivity index (χ3v) is 11.5. The first kappa shape index (κ1) is 51.7. The molecule has 19 nitrogen and oxygen atoms in total. The average molecular weight is 992 g/mol. The number of anilines is 2. The standard InChI is InChI=1S/C17H20N4O4.C13H21BN2O3.C12H10BrF3N2O4/c1-17(2,22)16-19-8-11(9-20-16)10-6-12(14-4-3-5-25-14)15(18)13(7-10)21(23)24;1-11(2,17)10-15-7-9(8-16-10)14-18-12(3,4)13(5,6)19-14;13-6-4-7(9-2-1-3-22-9)10(8(5-6)18(20)21)17-11(19)12(14,15)16/h6-9,14,22H,3-5,18H2,1-2H3;7-8,17H,1-6H3;4-5,9H,1-3H2,(H,17,19). The van der Waals surface area contributed by atoms with E-state index in [-0.39, 0.29) is 40.1 Å². The quantitative estimate of drug-likeness (QED) is 0.0549. The summed E-state index contributed by atoms with van der Waals surface area (Å²) in [5.41, 5.74) is 4.62. The molecule has 3 fully saturated rings. The molecule has 0 radical (unpaired) electrons. The molecule has 24 heteroatoms. The smallest absolute Gasteiger partial charge is 0.399 e. The first-order valence-corrected chi connectivity index (χ1v) is 21.4. The van der Waals surface area contributed by atoms with Crippen molar-refractivity contribution in [3.8, 4) is 11.1 Å². The van der Waals surface area contributed by atoms with Crippen molar-refractivity contribution < 1.29 is 56.8 Å². The van der Waals surface area contributed by atoms with Crippen molar-refractivity contribution in [3.05, 3.63) is 96.5 Å².